The van der Waals surface area contributed by atoms with Crippen LogP contribution in [0.2, 0.25) is 10.0 Å². The van der Waals surface area contributed by atoms with Crippen molar-refractivity contribution in [3.63, 3.8) is 0 Å². The molecule has 29 heavy (non-hydrogen) atoms. The molecule has 1 N–H and O–H groups in total. The zero-order valence-electron chi connectivity index (χ0n) is 16.4. The molecule has 1 aliphatic heterocycles. The molecule has 3 rings (SSSR count). The lowest BCUT2D eigenvalue weighted by Crippen LogP contribution is -2.33. The Morgan fingerprint density at radius 3 is 2.38 bits per heavy atom. The Labute approximate surface area is 181 Å². The maximum atomic E-state index is 12.4. The molecule has 9 heteroatoms. The van der Waals surface area contributed by atoms with Gasteiger partial charge in [-0.05, 0) is 60.8 Å². The van der Waals surface area contributed by atoms with Crippen LogP contribution in [0.4, 0.5) is 0 Å². The van der Waals surface area contributed by atoms with Crippen LogP contribution in [0.3, 0.4) is 0 Å². The van der Waals surface area contributed by atoms with E-state index in [9.17, 15) is 8.42 Å². The lowest BCUT2D eigenvalue weighted by atomic mass is 9.98. The van der Waals surface area contributed by atoms with E-state index in [-0.39, 0.29) is 9.92 Å². The summed E-state index contributed by atoms with van der Waals surface area (Å²) >= 11 is 11.8. The van der Waals surface area contributed by atoms with E-state index >= 15 is 0 Å². The molecule has 1 heterocycles. The summed E-state index contributed by atoms with van der Waals surface area (Å²) in [5, 5.41) is 0.541. The number of sulfonamides is 1. The second-order valence-corrected chi connectivity index (χ2v) is 9.41. The minimum absolute atomic E-state index is 0.111. The number of hydrogen-bond acceptors (Lipinski definition) is 5. The Kier molecular flexibility index (Phi) is 7.29. The first-order chi connectivity index (χ1) is 13.8. The van der Waals surface area contributed by atoms with Crippen molar-refractivity contribution < 1.29 is 17.9 Å². The molecule has 0 bridgehead atoms. The summed E-state index contributed by atoms with van der Waals surface area (Å²) in [5.74, 6) is 1.47. The van der Waals surface area contributed by atoms with Gasteiger partial charge in [-0.25, -0.2) is 13.1 Å². The predicted octanol–water partition coefficient (Wildman–Crippen LogP) is 3.74. The molecule has 2 aromatic rings. The molecule has 0 amide bonds. The van der Waals surface area contributed by atoms with Crippen LogP contribution in [-0.4, -0.2) is 47.2 Å². The van der Waals surface area contributed by atoms with E-state index in [0.717, 1.165) is 37.6 Å². The number of rotatable bonds is 8. The van der Waals surface area contributed by atoms with Crippen LogP contribution in [0.25, 0.3) is 0 Å². The van der Waals surface area contributed by atoms with Crippen molar-refractivity contribution in [1.82, 2.24) is 9.62 Å². The first-order valence-electron chi connectivity index (χ1n) is 9.25. The summed E-state index contributed by atoms with van der Waals surface area (Å²) in [7, 11) is -0.343. The predicted molar refractivity (Wildman–Crippen MR) is 115 cm³/mol. The van der Waals surface area contributed by atoms with E-state index in [1.807, 2.05) is 12.1 Å². The van der Waals surface area contributed by atoms with Gasteiger partial charge in [0.2, 0.25) is 10.0 Å². The van der Waals surface area contributed by atoms with Gasteiger partial charge in [0, 0.05) is 19.6 Å². The second-order valence-electron chi connectivity index (χ2n) is 6.83. The van der Waals surface area contributed by atoms with Gasteiger partial charge in [-0.2, -0.15) is 0 Å². The number of nitrogens with zero attached hydrogens (tertiary/aromatic N) is 1. The Bertz CT molecular complexity index is 983. The maximum absolute atomic E-state index is 12.4. The van der Waals surface area contributed by atoms with Crippen molar-refractivity contribution in [2.24, 2.45) is 0 Å². The average molecular weight is 459 g/mol. The standard InChI is InChI=1S/C20H24Cl2N2O4S/c1-27-19-10-14-6-9-24(13-15(14)11-20(19)28-2)8-3-7-23-29(25,26)16-4-5-17(21)18(22)12-16/h4-5,10-12,23H,3,6-9,13H2,1-2H3. The molecule has 0 atom stereocenters. The van der Waals surface area contributed by atoms with E-state index in [0.29, 0.717) is 18.0 Å². The lowest BCUT2D eigenvalue weighted by Gasteiger charge is -2.29. The van der Waals surface area contributed by atoms with Gasteiger partial charge in [-0.1, -0.05) is 23.2 Å². The van der Waals surface area contributed by atoms with Crippen molar-refractivity contribution in [3.05, 3.63) is 51.5 Å². The number of nitrogens with one attached hydrogen (secondary N) is 1. The quantitative estimate of drug-likeness (QED) is 0.610. The highest BCUT2D eigenvalue weighted by Crippen LogP contribution is 2.33. The van der Waals surface area contributed by atoms with Crippen molar-refractivity contribution in [3.8, 4) is 11.5 Å². The summed E-state index contributed by atoms with van der Waals surface area (Å²) in [6.45, 7) is 2.85. The molecule has 1 aliphatic rings. The number of benzene rings is 2. The molecule has 0 aromatic heterocycles. The van der Waals surface area contributed by atoms with Crippen LogP contribution in [0.15, 0.2) is 35.2 Å². The van der Waals surface area contributed by atoms with E-state index < -0.39 is 10.0 Å². The molecule has 0 spiro atoms. The number of methoxy groups -OCH3 is 2. The first kappa shape index (κ1) is 22.2. The first-order valence-corrected chi connectivity index (χ1v) is 11.5. The number of ether oxygens (including phenoxy) is 2. The van der Waals surface area contributed by atoms with Crippen molar-refractivity contribution >= 4 is 33.2 Å². The number of hydrogen-bond donors (Lipinski definition) is 1. The monoisotopic (exact) mass is 458 g/mol. The van der Waals surface area contributed by atoms with Crippen LogP contribution < -0.4 is 14.2 Å². The van der Waals surface area contributed by atoms with Gasteiger partial charge in [0.05, 0.1) is 29.2 Å². The molecule has 0 aliphatic carbocycles. The normalized spacial score (nSPS) is 14.5. The zero-order valence-corrected chi connectivity index (χ0v) is 18.7. The van der Waals surface area contributed by atoms with Crippen molar-refractivity contribution in [2.75, 3.05) is 33.9 Å². The Hall–Kier alpha value is -1.51. The molecule has 2 aromatic carbocycles. The smallest absolute Gasteiger partial charge is 0.240 e. The Morgan fingerprint density at radius 1 is 1.03 bits per heavy atom. The number of halogens is 2. The van der Waals surface area contributed by atoms with Gasteiger partial charge >= 0.3 is 0 Å². The molecule has 0 radical (unpaired) electrons. The van der Waals surface area contributed by atoms with Gasteiger partial charge in [0.15, 0.2) is 11.5 Å². The largest absolute Gasteiger partial charge is 0.493 e. The van der Waals surface area contributed by atoms with Crippen molar-refractivity contribution in [1.29, 1.82) is 0 Å². The SMILES string of the molecule is COc1cc2c(cc1OC)CN(CCCNS(=O)(=O)c1ccc(Cl)c(Cl)c1)CC2. The topological polar surface area (TPSA) is 67.9 Å². The third-order valence-electron chi connectivity index (χ3n) is 4.94. The molecular weight excluding hydrogens is 435 g/mol. The van der Waals surface area contributed by atoms with Gasteiger partial charge < -0.3 is 9.47 Å². The zero-order chi connectivity index (χ0) is 21.0. The highest BCUT2D eigenvalue weighted by Gasteiger charge is 2.20. The highest BCUT2D eigenvalue weighted by atomic mass is 35.5. The van der Waals surface area contributed by atoms with Gasteiger partial charge in [0.25, 0.3) is 0 Å². The Morgan fingerprint density at radius 2 is 1.72 bits per heavy atom. The van der Waals surface area contributed by atoms with E-state index in [2.05, 4.69) is 9.62 Å². The molecule has 158 valence electrons. The minimum Gasteiger partial charge on any atom is -0.493 e. The third kappa shape index (κ3) is 5.35. The van der Waals surface area contributed by atoms with Crippen LogP contribution in [-0.2, 0) is 23.0 Å². The highest BCUT2D eigenvalue weighted by molar-refractivity contribution is 7.89. The van der Waals surface area contributed by atoms with Crippen LogP contribution in [0.1, 0.15) is 17.5 Å². The average Bonchev–Trinajstić information content (AvgIpc) is 2.71. The maximum Gasteiger partial charge on any atom is 0.240 e. The summed E-state index contributed by atoms with van der Waals surface area (Å²) in [6.07, 6.45) is 1.62. The fourth-order valence-corrected chi connectivity index (χ4v) is 4.83. The summed E-state index contributed by atoms with van der Waals surface area (Å²) in [5.41, 5.74) is 2.48. The molecule has 0 unspecified atom stereocenters. The fraction of sp³-hybridized carbons (Fsp3) is 0.400. The van der Waals surface area contributed by atoms with Crippen molar-refractivity contribution in [2.45, 2.75) is 24.3 Å². The molecular formula is C20H24Cl2N2O4S. The van der Waals surface area contributed by atoms with E-state index in [1.54, 1.807) is 14.2 Å². The molecule has 0 fully saturated rings. The van der Waals surface area contributed by atoms with Gasteiger partial charge in [0.1, 0.15) is 0 Å². The second kappa shape index (κ2) is 9.53. The van der Waals surface area contributed by atoms with Crippen LogP contribution in [0, 0.1) is 0 Å². The summed E-state index contributed by atoms with van der Waals surface area (Å²) in [6, 6.07) is 8.34. The Balaban J connectivity index is 1.53. The third-order valence-corrected chi connectivity index (χ3v) is 7.14. The summed E-state index contributed by atoms with van der Waals surface area (Å²) < 4.78 is 38.2. The van der Waals surface area contributed by atoms with E-state index in [4.69, 9.17) is 32.7 Å². The van der Waals surface area contributed by atoms with Crippen LogP contribution >= 0.6 is 23.2 Å². The summed E-state index contributed by atoms with van der Waals surface area (Å²) in [4.78, 5) is 2.42. The lowest BCUT2D eigenvalue weighted by molar-refractivity contribution is 0.250. The van der Waals surface area contributed by atoms with Gasteiger partial charge in [-0.15, -0.1) is 0 Å². The number of fused-ring (bicyclic) bond motifs is 1. The molecule has 6 nitrogen and oxygen atoms in total. The van der Waals surface area contributed by atoms with Crippen LogP contribution in [0.5, 0.6) is 11.5 Å². The fourth-order valence-electron chi connectivity index (χ4n) is 3.37. The minimum atomic E-state index is -3.61. The van der Waals surface area contributed by atoms with Gasteiger partial charge in [-0.3, -0.25) is 4.90 Å². The molecule has 0 saturated heterocycles. The van der Waals surface area contributed by atoms with E-state index in [1.165, 1.54) is 29.3 Å². The molecule has 0 saturated carbocycles.